The number of carbonyl (C=O) groups is 2. The summed E-state index contributed by atoms with van der Waals surface area (Å²) >= 11 is 0. The van der Waals surface area contributed by atoms with Crippen molar-refractivity contribution >= 4 is 22.9 Å². The SMILES string of the molecule is CC(C)NCC(O)COc1ccc2c(=O)c(-c3ccccc3)c(C(C)C)oc2c1.O=C(O)/C=C\C(=O)O. The lowest BCUT2D eigenvalue weighted by molar-refractivity contribution is -0.134. The molecular formula is C28H33NO8. The zero-order valence-electron chi connectivity index (χ0n) is 21.3. The number of benzene rings is 2. The lowest BCUT2D eigenvalue weighted by Crippen LogP contribution is -2.35. The van der Waals surface area contributed by atoms with Crippen molar-refractivity contribution < 1.29 is 34.1 Å². The summed E-state index contributed by atoms with van der Waals surface area (Å²) in [5.74, 6) is -1.24. The van der Waals surface area contributed by atoms with Crippen LogP contribution in [0.1, 0.15) is 39.4 Å². The molecule has 1 unspecified atom stereocenters. The highest BCUT2D eigenvalue weighted by atomic mass is 16.5. The van der Waals surface area contributed by atoms with Crippen LogP contribution in [0.3, 0.4) is 0 Å². The largest absolute Gasteiger partial charge is 0.491 e. The van der Waals surface area contributed by atoms with E-state index >= 15 is 0 Å². The molecule has 0 spiro atoms. The minimum atomic E-state index is -1.26. The van der Waals surface area contributed by atoms with Crippen LogP contribution in [0.5, 0.6) is 5.75 Å². The van der Waals surface area contributed by atoms with Crippen LogP contribution >= 0.6 is 0 Å². The molecule has 0 aliphatic heterocycles. The fraction of sp³-hybridized carbons (Fsp3) is 0.321. The molecule has 0 aliphatic carbocycles. The molecule has 3 aromatic rings. The van der Waals surface area contributed by atoms with Gasteiger partial charge in [-0.2, -0.15) is 0 Å². The van der Waals surface area contributed by atoms with Crippen molar-refractivity contribution in [2.75, 3.05) is 13.2 Å². The molecule has 9 nitrogen and oxygen atoms in total. The van der Waals surface area contributed by atoms with E-state index in [2.05, 4.69) is 5.32 Å². The summed E-state index contributed by atoms with van der Waals surface area (Å²) < 4.78 is 11.9. The molecule has 0 aliphatic rings. The van der Waals surface area contributed by atoms with Crippen LogP contribution in [0.15, 0.2) is 69.9 Å². The van der Waals surface area contributed by atoms with Gasteiger partial charge in [-0.25, -0.2) is 9.59 Å². The van der Waals surface area contributed by atoms with E-state index in [0.717, 1.165) is 5.56 Å². The van der Waals surface area contributed by atoms with Gasteiger partial charge in [0.25, 0.3) is 0 Å². The number of aliphatic hydroxyl groups is 1. The molecule has 9 heteroatoms. The monoisotopic (exact) mass is 511 g/mol. The van der Waals surface area contributed by atoms with Crippen LogP contribution in [0, 0.1) is 0 Å². The van der Waals surface area contributed by atoms with Crippen LogP contribution in [0.2, 0.25) is 0 Å². The standard InChI is InChI=1S/C24H29NO4.C4H4O4/c1-15(2)24-22(17-8-6-5-7-9-17)23(27)20-11-10-19(12-21(20)29-24)28-14-18(26)13-25-16(3)4;5-3(6)1-2-4(7)8/h5-12,15-16,18,25-26H,13-14H2,1-4H3;1-2H,(H,5,6)(H,7,8)/b;2-1-. The van der Waals surface area contributed by atoms with Crippen molar-refractivity contribution in [2.45, 2.75) is 45.8 Å². The maximum atomic E-state index is 13.2. The molecule has 4 N–H and O–H groups in total. The van der Waals surface area contributed by atoms with E-state index in [1.165, 1.54) is 0 Å². The van der Waals surface area contributed by atoms with E-state index in [1.807, 2.05) is 58.0 Å². The van der Waals surface area contributed by atoms with Crippen LogP contribution in [0.25, 0.3) is 22.1 Å². The highest BCUT2D eigenvalue weighted by Crippen LogP contribution is 2.31. The summed E-state index contributed by atoms with van der Waals surface area (Å²) in [5, 5.41) is 29.3. The Morgan fingerprint density at radius 2 is 1.62 bits per heavy atom. The number of aliphatic carboxylic acids is 2. The second-order valence-corrected chi connectivity index (χ2v) is 8.89. The van der Waals surface area contributed by atoms with Crippen molar-refractivity contribution in [1.29, 1.82) is 0 Å². The van der Waals surface area contributed by atoms with Crippen LogP contribution in [0.4, 0.5) is 0 Å². The van der Waals surface area contributed by atoms with Gasteiger partial charge in [0.15, 0.2) is 0 Å². The summed E-state index contributed by atoms with van der Waals surface area (Å²) in [5.41, 5.74) is 1.91. The Bertz CT molecular complexity index is 1260. The van der Waals surface area contributed by atoms with Gasteiger partial charge in [-0.05, 0) is 17.7 Å². The van der Waals surface area contributed by atoms with E-state index in [4.69, 9.17) is 19.4 Å². The Morgan fingerprint density at radius 3 is 2.16 bits per heavy atom. The number of hydrogen-bond donors (Lipinski definition) is 4. The average molecular weight is 512 g/mol. The summed E-state index contributed by atoms with van der Waals surface area (Å²) in [4.78, 5) is 32.3. The Balaban J connectivity index is 0.000000521. The van der Waals surface area contributed by atoms with Gasteiger partial charge in [0, 0.05) is 36.7 Å². The number of rotatable bonds is 10. The van der Waals surface area contributed by atoms with Gasteiger partial charge in [-0.15, -0.1) is 0 Å². The van der Waals surface area contributed by atoms with Crippen molar-refractivity contribution in [3.8, 4) is 16.9 Å². The minimum Gasteiger partial charge on any atom is -0.491 e. The van der Waals surface area contributed by atoms with E-state index in [9.17, 15) is 19.5 Å². The van der Waals surface area contributed by atoms with Gasteiger partial charge in [0.1, 0.15) is 29.8 Å². The lowest BCUT2D eigenvalue weighted by atomic mass is 9.97. The first-order valence-corrected chi connectivity index (χ1v) is 11.8. The van der Waals surface area contributed by atoms with Crippen LogP contribution in [-0.2, 0) is 9.59 Å². The fourth-order valence-corrected chi connectivity index (χ4v) is 3.33. The third-order valence-electron chi connectivity index (χ3n) is 5.05. The topological polar surface area (TPSA) is 146 Å². The van der Waals surface area contributed by atoms with Gasteiger partial charge >= 0.3 is 11.9 Å². The molecule has 0 bridgehead atoms. The maximum absolute atomic E-state index is 13.2. The molecule has 0 saturated heterocycles. The van der Waals surface area contributed by atoms with Gasteiger partial charge in [0.2, 0.25) is 5.43 Å². The third kappa shape index (κ3) is 9.21. The van der Waals surface area contributed by atoms with E-state index in [0.29, 0.717) is 52.8 Å². The Morgan fingerprint density at radius 1 is 1.00 bits per heavy atom. The summed E-state index contributed by atoms with van der Waals surface area (Å²) in [6.45, 7) is 8.68. The molecule has 0 saturated carbocycles. The molecule has 1 aromatic heterocycles. The summed E-state index contributed by atoms with van der Waals surface area (Å²) in [6.07, 6.45) is 0.497. The predicted molar refractivity (Wildman–Crippen MR) is 141 cm³/mol. The van der Waals surface area contributed by atoms with Crippen molar-refractivity contribution in [3.05, 3.63) is 76.7 Å². The Labute approximate surface area is 215 Å². The van der Waals surface area contributed by atoms with Crippen molar-refractivity contribution in [1.82, 2.24) is 5.32 Å². The van der Waals surface area contributed by atoms with Gasteiger partial charge < -0.3 is 29.8 Å². The minimum absolute atomic E-state index is 0.0473. The molecule has 2 aromatic carbocycles. The second-order valence-electron chi connectivity index (χ2n) is 8.89. The highest BCUT2D eigenvalue weighted by molar-refractivity contribution is 5.89. The molecule has 0 amide bonds. The quantitative estimate of drug-likeness (QED) is 0.296. The molecule has 0 radical (unpaired) electrons. The molecule has 1 atom stereocenters. The van der Waals surface area contributed by atoms with Crippen LogP contribution in [-0.4, -0.2) is 52.6 Å². The Hall–Kier alpha value is -3.95. The fourth-order valence-electron chi connectivity index (χ4n) is 3.33. The molecule has 0 fully saturated rings. The molecule has 198 valence electrons. The smallest absolute Gasteiger partial charge is 0.328 e. The first kappa shape index (κ1) is 29.3. The zero-order valence-corrected chi connectivity index (χ0v) is 21.3. The third-order valence-corrected chi connectivity index (χ3v) is 5.05. The maximum Gasteiger partial charge on any atom is 0.328 e. The van der Waals surface area contributed by atoms with Crippen LogP contribution < -0.4 is 15.5 Å². The van der Waals surface area contributed by atoms with E-state index in [1.54, 1.807) is 18.2 Å². The van der Waals surface area contributed by atoms with Gasteiger partial charge in [-0.3, -0.25) is 4.79 Å². The van der Waals surface area contributed by atoms with E-state index in [-0.39, 0.29) is 18.0 Å². The summed E-state index contributed by atoms with van der Waals surface area (Å²) in [7, 11) is 0. The lowest BCUT2D eigenvalue weighted by Gasteiger charge is -2.16. The zero-order chi connectivity index (χ0) is 27.5. The second kappa shape index (κ2) is 14.0. The molecule has 3 rings (SSSR count). The molecule has 37 heavy (non-hydrogen) atoms. The van der Waals surface area contributed by atoms with Gasteiger partial charge in [0.05, 0.1) is 10.9 Å². The first-order chi connectivity index (χ1) is 17.5. The number of fused-ring (bicyclic) bond motifs is 1. The number of ether oxygens (including phenoxy) is 1. The normalized spacial score (nSPS) is 12.0. The van der Waals surface area contributed by atoms with Crippen molar-refractivity contribution in [2.24, 2.45) is 0 Å². The van der Waals surface area contributed by atoms with Gasteiger partial charge in [-0.1, -0.05) is 58.0 Å². The molecular weight excluding hydrogens is 478 g/mol. The number of carboxylic acid groups (broad SMARTS) is 2. The molecule has 1 heterocycles. The summed E-state index contributed by atoms with van der Waals surface area (Å²) in [6, 6.07) is 15.1. The highest BCUT2D eigenvalue weighted by Gasteiger charge is 2.19. The van der Waals surface area contributed by atoms with E-state index < -0.39 is 18.0 Å². The number of carboxylic acids is 2. The number of aliphatic hydroxyl groups excluding tert-OH is 1. The average Bonchev–Trinajstić information content (AvgIpc) is 2.85. The predicted octanol–water partition coefficient (Wildman–Crippen LogP) is 4.03. The Kier molecular flexibility index (Phi) is 11.0. The number of hydrogen-bond acceptors (Lipinski definition) is 7. The number of nitrogens with one attached hydrogen (secondary N) is 1. The van der Waals surface area contributed by atoms with Crippen molar-refractivity contribution in [3.63, 3.8) is 0 Å². The first-order valence-electron chi connectivity index (χ1n) is 11.8.